The van der Waals surface area contributed by atoms with E-state index in [4.69, 9.17) is 10.00 Å². The van der Waals surface area contributed by atoms with Gasteiger partial charge in [0.2, 0.25) is 0 Å². The van der Waals surface area contributed by atoms with Gasteiger partial charge >= 0.3 is 0 Å². The van der Waals surface area contributed by atoms with Crippen LogP contribution in [0.25, 0.3) is 0 Å². The van der Waals surface area contributed by atoms with Gasteiger partial charge in [0.25, 0.3) is 0 Å². The Morgan fingerprint density at radius 2 is 2.41 bits per heavy atom. The van der Waals surface area contributed by atoms with Crippen molar-refractivity contribution in [2.45, 2.75) is 6.04 Å². The number of rotatable bonds is 2. The Bertz CT molecular complexity index is 445. The predicted octanol–water partition coefficient (Wildman–Crippen LogP) is 1.52. The summed E-state index contributed by atoms with van der Waals surface area (Å²) in [5.74, 6) is 0. The molecule has 2 rings (SSSR count). The Morgan fingerprint density at radius 1 is 1.59 bits per heavy atom. The van der Waals surface area contributed by atoms with E-state index in [1.165, 1.54) is 0 Å². The maximum Gasteiger partial charge on any atom is 0.101 e. The second-order valence-electron chi connectivity index (χ2n) is 3.88. The van der Waals surface area contributed by atoms with Crippen molar-refractivity contribution in [2.24, 2.45) is 0 Å². The van der Waals surface area contributed by atoms with E-state index in [0.29, 0.717) is 25.3 Å². The third kappa shape index (κ3) is 2.60. The van der Waals surface area contributed by atoms with Crippen LogP contribution in [-0.4, -0.2) is 37.5 Å². The van der Waals surface area contributed by atoms with Crippen LogP contribution in [-0.2, 0) is 4.74 Å². The van der Waals surface area contributed by atoms with E-state index >= 15 is 0 Å². The first-order valence-electron chi connectivity index (χ1n) is 5.41. The number of morpholine rings is 1. The molecule has 0 amide bonds. The lowest BCUT2D eigenvalue weighted by atomic mass is 10.1. The van der Waals surface area contributed by atoms with Gasteiger partial charge in [0.1, 0.15) is 6.07 Å². The van der Waals surface area contributed by atoms with E-state index in [0.717, 1.165) is 10.2 Å². The van der Waals surface area contributed by atoms with Crippen molar-refractivity contribution in [3.63, 3.8) is 0 Å². The first-order valence-corrected chi connectivity index (χ1v) is 6.20. The molecule has 1 fully saturated rings. The van der Waals surface area contributed by atoms with E-state index in [1.807, 2.05) is 17.0 Å². The van der Waals surface area contributed by atoms with Gasteiger partial charge in [-0.2, -0.15) is 5.26 Å². The molecule has 1 N–H and O–H groups in total. The van der Waals surface area contributed by atoms with Crippen LogP contribution in [0.5, 0.6) is 0 Å². The minimum absolute atomic E-state index is 0.0287. The van der Waals surface area contributed by atoms with Gasteiger partial charge in [-0.25, -0.2) is 0 Å². The van der Waals surface area contributed by atoms with E-state index in [1.54, 1.807) is 6.07 Å². The number of nitrogens with zero attached hydrogens (tertiary/aromatic N) is 2. The summed E-state index contributed by atoms with van der Waals surface area (Å²) in [5, 5.41) is 18.5. The Balaban J connectivity index is 2.35. The van der Waals surface area contributed by atoms with Crippen molar-refractivity contribution in [1.29, 1.82) is 5.26 Å². The summed E-state index contributed by atoms with van der Waals surface area (Å²) >= 11 is 3.35. The van der Waals surface area contributed by atoms with Crippen LogP contribution in [0.1, 0.15) is 5.56 Å². The van der Waals surface area contributed by atoms with Crippen molar-refractivity contribution < 1.29 is 9.84 Å². The number of halogens is 1. The zero-order valence-corrected chi connectivity index (χ0v) is 10.9. The molecule has 1 saturated heterocycles. The highest BCUT2D eigenvalue weighted by Gasteiger charge is 2.24. The van der Waals surface area contributed by atoms with Gasteiger partial charge in [0.15, 0.2) is 0 Å². The van der Waals surface area contributed by atoms with Crippen LogP contribution < -0.4 is 4.90 Å². The lowest BCUT2D eigenvalue weighted by Crippen LogP contribution is -2.48. The number of hydrogen-bond donors (Lipinski definition) is 1. The van der Waals surface area contributed by atoms with Gasteiger partial charge in [-0.05, 0) is 18.2 Å². The third-order valence-corrected chi connectivity index (χ3v) is 3.32. The van der Waals surface area contributed by atoms with Crippen LogP contribution in [0.3, 0.4) is 0 Å². The molecular formula is C12H13BrN2O2. The molecule has 1 aromatic rings. The maximum absolute atomic E-state index is 9.33. The number of anilines is 1. The normalized spacial score (nSPS) is 20.1. The van der Waals surface area contributed by atoms with Crippen molar-refractivity contribution in [3.05, 3.63) is 28.2 Å². The molecule has 1 aliphatic heterocycles. The zero-order chi connectivity index (χ0) is 12.3. The molecule has 90 valence electrons. The molecule has 1 unspecified atom stereocenters. The SMILES string of the molecule is N#Cc1cc(Br)ccc1N1CCOCC1CO. The number of ether oxygens (including phenoxy) is 1. The van der Waals surface area contributed by atoms with Gasteiger partial charge in [-0.1, -0.05) is 15.9 Å². The minimum atomic E-state index is -0.0722. The second-order valence-corrected chi connectivity index (χ2v) is 4.79. The van der Waals surface area contributed by atoms with Crippen LogP contribution in [0.2, 0.25) is 0 Å². The zero-order valence-electron chi connectivity index (χ0n) is 9.27. The van der Waals surface area contributed by atoms with E-state index in [2.05, 4.69) is 22.0 Å². The number of hydrogen-bond acceptors (Lipinski definition) is 4. The summed E-state index contributed by atoms with van der Waals surface area (Å²) < 4.78 is 6.21. The highest BCUT2D eigenvalue weighted by Crippen LogP contribution is 2.26. The number of aliphatic hydroxyl groups is 1. The lowest BCUT2D eigenvalue weighted by Gasteiger charge is -2.36. The molecule has 0 bridgehead atoms. The summed E-state index contributed by atoms with van der Waals surface area (Å²) in [6, 6.07) is 7.71. The molecule has 17 heavy (non-hydrogen) atoms. The standard InChI is InChI=1S/C12H13BrN2O2/c13-10-1-2-12(9(5-10)6-14)15-3-4-17-8-11(15)7-16/h1-2,5,11,16H,3-4,7-8H2. The fraction of sp³-hybridized carbons (Fsp3) is 0.417. The largest absolute Gasteiger partial charge is 0.394 e. The molecule has 0 aromatic heterocycles. The van der Waals surface area contributed by atoms with Crippen molar-refractivity contribution in [2.75, 3.05) is 31.3 Å². The van der Waals surface area contributed by atoms with E-state index in [-0.39, 0.29) is 12.6 Å². The fourth-order valence-electron chi connectivity index (χ4n) is 1.97. The molecule has 0 aliphatic carbocycles. The van der Waals surface area contributed by atoms with Crippen molar-refractivity contribution in [1.82, 2.24) is 0 Å². The summed E-state index contributed by atoms with van der Waals surface area (Å²) in [5.41, 5.74) is 1.47. The Morgan fingerprint density at radius 3 is 3.12 bits per heavy atom. The Hall–Kier alpha value is -1.09. The molecule has 0 saturated carbocycles. The average molecular weight is 297 g/mol. The summed E-state index contributed by atoms with van der Waals surface area (Å²) in [4.78, 5) is 2.04. The molecule has 1 aliphatic rings. The van der Waals surface area contributed by atoms with Gasteiger partial charge in [0, 0.05) is 11.0 Å². The minimum Gasteiger partial charge on any atom is -0.394 e. The molecule has 0 radical (unpaired) electrons. The van der Waals surface area contributed by atoms with Gasteiger partial charge in [-0.15, -0.1) is 0 Å². The summed E-state index contributed by atoms with van der Waals surface area (Å²) in [6.07, 6.45) is 0. The first-order chi connectivity index (χ1) is 8.26. The number of aliphatic hydroxyl groups excluding tert-OH is 1. The Kier molecular flexibility index (Phi) is 4.00. The van der Waals surface area contributed by atoms with Crippen molar-refractivity contribution in [3.8, 4) is 6.07 Å². The van der Waals surface area contributed by atoms with Gasteiger partial charge in [0.05, 0.1) is 37.1 Å². The molecular weight excluding hydrogens is 284 g/mol. The van der Waals surface area contributed by atoms with E-state index in [9.17, 15) is 5.11 Å². The van der Waals surface area contributed by atoms with Gasteiger partial charge < -0.3 is 14.7 Å². The first kappa shape index (κ1) is 12.4. The fourth-order valence-corrected chi connectivity index (χ4v) is 2.33. The topological polar surface area (TPSA) is 56.5 Å². The molecule has 5 heteroatoms. The van der Waals surface area contributed by atoms with Crippen LogP contribution in [0, 0.1) is 11.3 Å². The maximum atomic E-state index is 9.33. The quantitative estimate of drug-likeness (QED) is 0.899. The van der Waals surface area contributed by atoms with Gasteiger partial charge in [-0.3, -0.25) is 0 Å². The second kappa shape index (κ2) is 5.50. The molecule has 4 nitrogen and oxygen atoms in total. The molecule has 1 heterocycles. The molecule has 1 atom stereocenters. The monoisotopic (exact) mass is 296 g/mol. The summed E-state index contributed by atoms with van der Waals surface area (Å²) in [6.45, 7) is 1.84. The average Bonchev–Trinajstić information content (AvgIpc) is 2.38. The van der Waals surface area contributed by atoms with E-state index < -0.39 is 0 Å². The molecule has 0 spiro atoms. The van der Waals surface area contributed by atoms with Crippen LogP contribution in [0.15, 0.2) is 22.7 Å². The Labute approximate surface area is 109 Å². The van der Waals surface area contributed by atoms with Crippen molar-refractivity contribution >= 4 is 21.6 Å². The van der Waals surface area contributed by atoms with Crippen LogP contribution >= 0.6 is 15.9 Å². The smallest absolute Gasteiger partial charge is 0.101 e. The number of benzene rings is 1. The highest BCUT2D eigenvalue weighted by atomic mass is 79.9. The third-order valence-electron chi connectivity index (χ3n) is 2.83. The number of nitriles is 1. The highest BCUT2D eigenvalue weighted by molar-refractivity contribution is 9.10. The lowest BCUT2D eigenvalue weighted by molar-refractivity contribution is 0.0727. The summed E-state index contributed by atoms with van der Waals surface area (Å²) in [7, 11) is 0. The predicted molar refractivity (Wildman–Crippen MR) is 67.9 cm³/mol. The van der Waals surface area contributed by atoms with Crippen LogP contribution in [0.4, 0.5) is 5.69 Å². The molecule has 1 aromatic carbocycles.